The lowest BCUT2D eigenvalue weighted by Crippen LogP contribution is -2.45. The summed E-state index contributed by atoms with van der Waals surface area (Å²) in [6.07, 6.45) is 0.904. The van der Waals surface area contributed by atoms with E-state index in [2.05, 4.69) is 15.4 Å². The molecule has 0 fully saturated rings. The number of amides is 2. The average Bonchev–Trinajstić information content (AvgIpc) is 2.81. The van der Waals surface area contributed by atoms with Crippen molar-refractivity contribution in [3.8, 4) is 0 Å². The number of rotatable bonds is 7. The van der Waals surface area contributed by atoms with E-state index in [0.29, 0.717) is 29.2 Å². The van der Waals surface area contributed by atoms with Crippen LogP contribution in [-0.4, -0.2) is 26.3 Å². The second-order valence-electron chi connectivity index (χ2n) is 8.18. The Morgan fingerprint density at radius 2 is 1.82 bits per heavy atom. The predicted molar refractivity (Wildman–Crippen MR) is 132 cm³/mol. The molecule has 0 saturated heterocycles. The number of benzene rings is 3. The number of carbonyl (C=O) groups excluding carboxylic acids is 2. The maximum absolute atomic E-state index is 13.2. The third kappa shape index (κ3) is 5.64. The van der Waals surface area contributed by atoms with Gasteiger partial charge in [0.25, 0.3) is 0 Å². The summed E-state index contributed by atoms with van der Waals surface area (Å²) >= 11 is 6.17. The van der Waals surface area contributed by atoms with Gasteiger partial charge in [-0.05, 0) is 66.8 Å². The number of carbonyl (C=O) groups is 2. The minimum Gasteiger partial charge on any atom is -0.326 e. The molecule has 3 aromatic carbocycles. The number of nitrogens with one attached hydrogen (secondary N) is 3. The fourth-order valence-corrected chi connectivity index (χ4v) is 5.15. The lowest BCUT2D eigenvalue weighted by Gasteiger charge is -2.21. The van der Waals surface area contributed by atoms with Gasteiger partial charge < -0.3 is 10.6 Å². The van der Waals surface area contributed by atoms with Crippen LogP contribution in [0, 0.1) is 6.92 Å². The van der Waals surface area contributed by atoms with Crippen LogP contribution in [0.25, 0.3) is 0 Å². The van der Waals surface area contributed by atoms with Crippen molar-refractivity contribution in [1.29, 1.82) is 0 Å². The summed E-state index contributed by atoms with van der Waals surface area (Å²) in [6.45, 7) is 1.85. The van der Waals surface area contributed by atoms with Gasteiger partial charge in [0.1, 0.15) is 6.04 Å². The van der Waals surface area contributed by atoms with E-state index < -0.39 is 22.0 Å². The number of halogens is 1. The van der Waals surface area contributed by atoms with Gasteiger partial charge in [-0.1, -0.05) is 48.0 Å². The van der Waals surface area contributed by atoms with Gasteiger partial charge in [0.15, 0.2) is 0 Å². The summed E-state index contributed by atoms with van der Waals surface area (Å²) < 4.78 is 29.0. The topological polar surface area (TPSA) is 104 Å². The van der Waals surface area contributed by atoms with E-state index in [4.69, 9.17) is 11.6 Å². The van der Waals surface area contributed by atoms with Crippen LogP contribution in [0.1, 0.15) is 23.1 Å². The molecule has 0 aliphatic carbocycles. The Balaban J connectivity index is 1.60. The van der Waals surface area contributed by atoms with Gasteiger partial charge in [-0.15, -0.1) is 0 Å². The molecule has 3 N–H and O–H groups in total. The van der Waals surface area contributed by atoms with Crippen molar-refractivity contribution in [2.75, 3.05) is 10.6 Å². The van der Waals surface area contributed by atoms with Gasteiger partial charge in [-0.25, -0.2) is 8.42 Å². The molecule has 9 heteroatoms. The molecule has 2 amide bonds. The molecule has 34 heavy (non-hydrogen) atoms. The maximum Gasteiger partial charge on any atom is 0.242 e. The zero-order valence-electron chi connectivity index (χ0n) is 18.5. The third-order valence-electron chi connectivity index (χ3n) is 5.62. The van der Waals surface area contributed by atoms with Crippen LogP contribution in [0.5, 0.6) is 0 Å². The summed E-state index contributed by atoms with van der Waals surface area (Å²) in [5.41, 5.74) is 3.48. The first-order chi connectivity index (χ1) is 16.2. The van der Waals surface area contributed by atoms with E-state index in [-0.39, 0.29) is 17.2 Å². The third-order valence-corrected chi connectivity index (χ3v) is 7.49. The number of hydrogen-bond acceptors (Lipinski definition) is 4. The number of hydrogen-bond donors (Lipinski definition) is 3. The van der Waals surface area contributed by atoms with E-state index in [1.54, 1.807) is 24.3 Å². The molecule has 1 atom stereocenters. The van der Waals surface area contributed by atoms with Crippen LogP contribution in [0.15, 0.2) is 71.6 Å². The highest BCUT2D eigenvalue weighted by molar-refractivity contribution is 7.89. The van der Waals surface area contributed by atoms with Crippen LogP contribution in [0.4, 0.5) is 11.4 Å². The first kappa shape index (κ1) is 23.9. The molecule has 0 saturated carbocycles. The van der Waals surface area contributed by atoms with E-state index in [1.165, 1.54) is 12.1 Å². The van der Waals surface area contributed by atoms with Gasteiger partial charge in [0.05, 0.1) is 4.90 Å². The Labute approximate surface area is 203 Å². The van der Waals surface area contributed by atoms with Crippen molar-refractivity contribution in [1.82, 2.24) is 4.72 Å². The van der Waals surface area contributed by atoms with Crippen LogP contribution in [-0.2, 0) is 32.5 Å². The maximum atomic E-state index is 13.2. The van der Waals surface area contributed by atoms with Crippen molar-refractivity contribution in [2.24, 2.45) is 0 Å². The molecule has 4 rings (SSSR count). The molecule has 1 heterocycles. The SMILES string of the molecule is Cc1ccc(NC(=O)[C@@H](Cc2ccccc2)NS(=O)(=O)c2ccc3c(c2)CCC(=O)N3)cc1Cl. The molecule has 3 aromatic rings. The van der Waals surface area contributed by atoms with E-state index in [9.17, 15) is 18.0 Å². The number of anilines is 2. The van der Waals surface area contributed by atoms with Gasteiger partial charge in [0.2, 0.25) is 21.8 Å². The molecular formula is C25H24ClN3O4S. The number of sulfonamides is 1. The Morgan fingerprint density at radius 1 is 1.06 bits per heavy atom. The van der Waals surface area contributed by atoms with Crippen LogP contribution < -0.4 is 15.4 Å². The molecule has 176 valence electrons. The van der Waals surface area contributed by atoms with Crippen molar-refractivity contribution in [2.45, 2.75) is 37.1 Å². The minimum absolute atomic E-state index is 0.0339. The second kappa shape index (κ2) is 9.97. The first-order valence-electron chi connectivity index (χ1n) is 10.8. The lowest BCUT2D eigenvalue weighted by molar-refractivity contribution is -0.118. The Bertz CT molecular complexity index is 1340. The molecule has 1 aliphatic heterocycles. The highest BCUT2D eigenvalue weighted by Crippen LogP contribution is 2.26. The standard InChI is InChI=1S/C25H24ClN3O4S/c1-16-7-9-19(15-21(16)26)27-25(31)23(13-17-5-3-2-4-6-17)29-34(32,33)20-10-11-22-18(14-20)8-12-24(30)28-22/h2-7,9-11,14-15,23,29H,8,12-13H2,1H3,(H,27,31)(H,28,30)/t23-/m1/s1. The summed E-state index contributed by atoms with van der Waals surface area (Å²) in [4.78, 5) is 24.8. The van der Waals surface area contributed by atoms with Gasteiger partial charge in [-0.2, -0.15) is 4.72 Å². The van der Waals surface area contributed by atoms with E-state index in [0.717, 1.165) is 16.7 Å². The van der Waals surface area contributed by atoms with Crippen LogP contribution in [0.2, 0.25) is 5.02 Å². The zero-order valence-corrected chi connectivity index (χ0v) is 20.0. The number of fused-ring (bicyclic) bond motifs is 1. The zero-order chi connectivity index (χ0) is 24.3. The molecule has 0 spiro atoms. The second-order valence-corrected chi connectivity index (χ2v) is 10.3. The largest absolute Gasteiger partial charge is 0.326 e. The molecule has 0 radical (unpaired) electrons. The number of aryl methyl sites for hydroxylation is 2. The van der Waals surface area contributed by atoms with Crippen LogP contribution >= 0.6 is 11.6 Å². The minimum atomic E-state index is -4.03. The highest BCUT2D eigenvalue weighted by Gasteiger charge is 2.27. The Hall–Kier alpha value is -3.20. The summed E-state index contributed by atoms with van der Waals surface area (Å²) in [7, 11) is -4.03. The Morgan fingerprint density at radius 3 is 2.56 bits per heavy atom. The smallest absolute Gasteiger partial charge is 0.242 e. The quantitative estimate of drug-likeness (QED) is 0.457. The molecule has 7 nitrogen and oxygen atoms in total. The average molecular weight is 498 g/mol. The van der Waals surface area contributed by atoms with Crippen LogP contribution in [0.3, 0.4) is 0 Å². The molecule has 0 aromatic heterocycles. The van der Waals surface area contributed by atoms with E-state index in [1.807, 2.05) is 37.3 Å². The Kier molecular flexibility index (Phi) is 7.02. The summed E-state index contributed by atoms with van der Waals surface area (Å²) in [6, 6.07) is 17.8. The summed E-state index contributed by atoms with van der Waals surface area (Å²) in [5, 5.41) is 6.00. The predicted octanol–water partition coefficient (Wildman–Crippen LogP) is 4.06. The van der Waals surface area contributed by atoms with Crippen molar-refractivity contribution < 1.29 is 18.0 Å². The van der Waals surface area contributed by atoms with Gasteiger partial charge >= 0.3 is 0 Å². The fourth-order valence-electron chi connectivity index (χ4n) is 3.72. The molecule has 0 bridgehead atoms. The van der Waals surface area contributed by atoms with Gasteiger partial charge in [0, 0.05) is 22.8 Å². The normalized spacial score (nSPS) is 14.1. The van der Waals surface area contributed by atoms with Crippen molar-refractivity contribution >= 4 is 44.8 Å². The monoisotopic (exact) mass is 497 g/mol. The van der Waals surface area contributed by atoms with E-state index >= 15 is 0 Å². The first-order valence-corrected chi connectivity index (χ1v) is 12.6. The molecule has 0 unspecified atom stereocenters. The fraction of sp³-hybridized carbons (Fsp3) is 0.200. The van der Waals surface area contributed by atoms with Gasteiger partial charge in [-0.3, -0.25) is 9.59 Å². The summed E-state index contributed by atoms with van der Waals surface area (Å²) in [5.74, 6) is -0.602. The van der Waals surface area contributed by atoms with Crippen molar-refractivity contribution in [3.63, 3.8) is 0 Å². The molecular weight excluding hydrogens is 474 g/mol. The lowest BCUT2D eigenvalue weighted by atomic mass is 10.0. The molecule has 1 aliphatic rings. The highest BCUT2D eigenvalue weighted by atomic mass is 35.5. The van der Waals surface area contributed by atoms with Crippen molar-refractivity contribution in [3.05, 3.63) is 88.4 Å².